The molecule has 0 aliphatic rings. The van der Waals surface area contributed by atoms with Crippen LogP contribution in [0.5, 0.6) is 0 Å². The Labute approximate surface area is 611 Å². The molecule has 0 saturated carbocycles. The van der Waals surface area contributed by atoms with E-state index in [9.17, 15) is 0 Å². The molecule has 22 rings (SSSR count). The molecule has 107 heavy (non-hydrogen) atoms. The highest BCUT2D eigenvalue weighted by Crippen LogP contribution is 2.52. The van der Waals surface area contributed by atoms with Crippen molar-refractivity contribution in [2.75, 3.05) is 0 Å². The van der Waals surface area contributed by atoms with Crippen molar-refractivity contribution in [3.8, 4) is 67.5 Å². The average molecular weight is 1380 g/mol. The van der Waals surface area contributed by atoms with Gasteiger partial charge in [-0.15, -0.1) is 0 Å². The number of hydrogen-bond donors (Lipinski definition) is 0. The van der Waals surface area contributed by atoms with Crippen LogP contribution in [0.3, 0.4) is 0 Å². The average Bonchev–Trinajstić information content (AvgIpc) is 1.54. The fourth-order valence-electron chi connectivity index (χ4n) is 18.0. The van der Waals surface area contributed by atoms with Gasteiger partial charge in [-0.1, -0.05) is 212 Å². The maximum atomic E-state index is 16.3. The van der Waals surface area contributed by atoms with Crippen molar-refractivity contribution < 1.29 is 13.2 Å². The van der Waals surface area contributed by atoms with Gasteiger partial charge in [0.2, 0.25) is 0 Å². The lowest BCUT2D eigenvalue weighted by Gasteiger charge is -2.28. The SMILES string of the molecule is Cc1cc(-c2c(-n3c4ccccc4c4ccccc43)c(-n3c4ccccc4c4cc(-c5ccc6c(c5)c5ccccc5n6-c5ccccc5)ccc43)cc(-n3c4ccccc4c4cc(-c5ccc6c(c5)c5ccccc5n6-c5ccccc5)ccc43)c2-n2c3ccccc3c3ccccc32)cc(C(F)(F)F)c1. The third-order valence-electron chi connectivity index (χ3n) is 22.4. The lowest BCUT2D eigenvalue weighted by molar-refractivity contribution is -0.137. The molecular formula is C98H61F3N6. The number of benzene rings is 16. The summed E-state index contributed by atoms with van der Waals surface area (Å²) in [6.45, 7) is 1.79. The topological polar surface area (TPSA) is 29.6 Å². The third-order valence-corrected chi connectivity index (χ3v) is 22.4. The highest BCUT2D eigenvalue weighted by atomic mass is 19.4. The second-order valence-corrected chi connectivity index (χ2v) is 28.3. The monoisotopic (exact) mass is 1380 g/mol. The Hall–Kier alpha value is -13.9. The Morgan fingerprint density at radius 1 is 0.206 bits per heavy atom. The van der Waals surface area contributed by atoms with E-state index in [4.69, 9.17) is 0 Å². The fourth-order valence-corrected chi connectivity index (χ4v) is 18.0. The molecule has 0 bridgehead atoms. The molecule has 0 N–H and O–H groups in total. The number of aryl methyl sites for hydroxylation is 1. The van der Waals surface area contributed by atoms with Crippen molar-refractivity contribution in [2.45, 2.75) is 13.1 Å². The van der Waals surface area contributed by atoms with Gasteiger partial charge in [0.25, 0.3) is 0 Å². The molecule has 6 heterocycles. The van der Waals surface area contributed by atoms with Crippen LogP contribution in [0.1, 0.15) is 11.1 Å². The van der Waals surface area contributed by atoms with Crippen LogP contribution >= 0.6 is 0 Å². The smallest absolute Gasteiger partial charge is 0.309 e. The summed E-state index contributed by atoms with van der Waals surface area (Å²) in [6, 6.07) is 124. The normalized spacial score (nSPS) is 12.3. The molecule has 0 amide bonds. The van der Waals surface area contributed by atoms with Gasteiger partial charge in [-0.25, -0.2) is 0 Å². The predicted octanol–water partition coefficient (Wildman–Crippen LogP) is 26.6. The number of rotatable bonds is 9. The van der Waals surface area contributed by atoms with Gasteiger partial charge in [-0.2, -0.15) is 13.2 Å². The zero-order chi connectivity index (χ0) is 70.9. The lowest BCUT2D eigenvalue weighted by atomic mass is 9.94. The van der Waals surface area contributed by atoms with Crippen LogP contribution in [0.4, 0.5) is 13.2 Å². The van der Waals surface area contributed by atoms with Crippen LogP contribution in [0.2, 0.25) is 0 Å². The van der Waals surface area contributed by atoms with Crippen molar-refractivity contribution in [3.05, 3.63) is 363 Å². The molecule has 0 saturated heterocycles. The van der Waals surface area contributed by atoms with Crippen LogP contribution in [-0.4, -0.2) is 27.4 Å². The Kier molecular flexibility index (Phi) is 13.1. The molecule has 0 aliphatic heterocycles. The number of aromatic nitrogens is 6. The first-order chi connectivity index (χ1) is 52.7. The molecule has 16 aromatic carbocycles. The summed E-state index contributed by atoms with van der Waals surface area (Å²) >= 11 is 0. The van der Waals surface area contributed by atoms with Crippen LogP contribution < -0.4 is 0 Å². The third kappa shape index (κ3) is 9.01. The van der Waals surface area contributed by atoms with E-state index in [1.165, 1.54) is 22.9 Å². The van der Waals surface area contributed by atoms with Gasteiger partial charge in [-0.05, 0) is 180 Å². The largest absolute Gasteiger partial charge is 0.416 e. The zero-order valence-corrected chi connectivity index (χ0v) is 57.8. The van der Waals surface area contributed by atoms with Gasteiger partial charge >= 0.3 is 6.18 Å². The van der Waals surface area contributed by atoms with Crippen LogP contribution in [0, 0.1) is 6.92 Å². The maximum absolute atomic E-state index is 16.3. The van der Waals surface area contributed by atoms with E-state index in [1.54, 1.807) is 6.92 Å². The van der Waals surface area contributed by atoms with E-state index in [0.717, 1.165) is 165 Å². The van der Waals surface area contributed by atoms with Crippen LogP contribution in [-0.2, 0) is 6.18 Å². The summed E-state index contributed by atoms with van der Waals surface area (Å²) in [5.74, 6) is 0. The zero-order valence-electron chi connectivity index (χ0n) is 57.8. The number of para-hydroxylation sites is 10. The summed E-state index contributed by atoms with van der Waals surface area (Å²) in [5.41, 5.74) is 22.0. The molecule has 504 valence electrons. The standard InChI is InChI=1S/C98H61F3N6/c1-60-52-65(54-66(53-60)98(99,100)101)95-96(106-85-40-20-8-28-69(85)70-29-9-21-41-86(70)106)93(104-83-38-18-14-34-75(83)79-57-63(46-50-91(79)104)61-44-48-89-77(55-61)73-32-12-16-36-81(73)102(89)67-24-4-2-5-25-67)59-94(97(95)107-87-42-22-10-30-71(87)72-31-11-23-43-88(72)107)105-84-39-19-15-35-76(84)80-58-64(47-51-92(80)105)62-45-49-90-78(56-62)74-33-13-17-37-82(74)103(90)68-26-6-3-7-27-68/h2-59H,1H3. The molecule has 6 nitrogen and oxygen atoms in total. The van der Waals surface area contributed by atoms with Gasteiger partial charge in [0.15, 0.2) is 0 Å². The second-order valence-electron chi connectivity index (χ2n) is 28.3. The Morgan fingerprint density at radius 3 is 0.766 bits per heavy atom. The Morgan fingerprint density at radius 2 is 0.458 bits per heavy atom. The van der Waals surface area contributed by atoms with Crippen molar-refractivity contribution >= 4 is 131 Å². The molecule has 22 aromatic rings. The van der Waals surface area contributed by atoms with Gasteiger partial charge in [0, 0.05) is 81.6 Å². The van der Waals surface area contributed by atoms with Gasteiger partial charge < -0.3 is 27.4 Å². The summed E-state index contributed by atoms with van der Waals surface area (Å²) in [4.78, 5) is 0. The van der Waals surface area contributed by atoms with Crippen molar-refractivity contribution in [3.63, 3.8) is 0 Å². The van der Waals surface area contributed by atoms with Crippen molar-refractivity contribution in [1.29, 1.82) is 0 Å². The highest BCUT2D eigenvalue weighted by molar-refractivity contribution is 6.19. The minimum atomic E-state index is -4.71. The molecule has 0 atom stereocenters. The first-order valence-electron chi connectivity index (χ1n) is 36.3. The molecule has 0 fully saturated rings. The minimum absolute atomic E-state index is 0.410. The number of alkyl halides is 3. The van der Waals surface area contributed by atoms with Crippen LogP contribution in [0.25, 0.3) is 198 Å². The van der Waals surface area contributed by atoms with E-state index in [0.29, 0.717) is 28.1 Å². The van der Waals surface area contributed by atoms with Crippen LogP contribution in [0.15, 0.2) is 352 Å². The fraction of sp³-hybridized carbons (Fsp3) is 0.0204. The summed E-state index contributed by atoms with van der Waals surface area (Å²) < 4.78 is 63.0. The van der Waals surface area contributed by atoms with Gasteiger partial charge in [-0.3, -0.25) is 0 Å². The minimum Gasteiger partial charge on any atom is -0.309 e. The summed E-state index contributed by atoms with van der Waals surface area (Å²) in [7, 11) is 0. The molecule has 9 heteroatoms. The summed E-state index contributed by atoms with van der Waals surface area (Å²) in [6.07, 6.45) is -4.71. The van der Waals surface area contributed by atoms with E-state index >= 15 is 13.2 Å². The second kappa shape index (κ2) is 23.1. The lowest BCUT2D eigenvalue weighted by Crippen LogP contribution is -2.14. The Bertz CT molecular complexity index is 6980. The van der Waals surface area contributed by atoms with Gasteiger partial charge in [0.05, 0.1) is 94.5 Å². The predicted molar refractivity (Wildman–Crippen MR) is 439 cm³/mol. The van der Waals surface area contributed by atoms with E-state index in [-0.39, 0.29) is 0 Å². The highest BCUT2D eigenvalue weighted by Gasteiger charge is 2.35. The van der Waals surface area contributed by atoms with E-state index in [1.807, 2.05) is 6.07 Å². The summed E-state index contributed by atoms with van der Waals surface area (Å²) in [5, 5.41) is 12.8. The molecule has 0 radical (unpaired) electrons. The van der Waals surface area contributed by atoms with Crippen molar-refractivity contribution in [1.82, 2.24) is 27.4 Å². The van der Waals surface area contributed by atoms with E-state index < -0.39 is 11.7 Å². The first-order valence-corrected chi connectivity index (χ1v) is 36.3. The quantitative estimate of drug-likeness (QED) is 0.138. The van der Waals surface area contributed by atoms with Crippen molar-refractivity contribution in [2.24, 2.45) is 0 Å². The molecule has 6 aromatic heterocycles. The molecule has 0 unspecified atom stereocenters. The number of fused-ring (bicyclic) bond motifs is 18. The molecule has 0 spiro atoms. The first kappa shape index (κ1) is 60.7. The van der Waals surface area contributed by atoms with E-state index in [2.05, 4.69) is 361 Å². The molecular weight excluding hydrogens is 1320 g/mol. The number of hydrogen-bond acceptors (Lipinski definition) is 0. The maximum Gasteiger partial charge on any atom is 0.416 e. The number of nitrogens with zero attached hydrogens (tertiary/aromatic N) is 6. The number of halogens is 3. The molecule has 0 aliphatic carbocycles. The Balaban J connectivity index is 0.892. The van der Waals surface area contributed by atoms with Gasteiger partial charge in [0.1, 0.15) is 0 Å².